The third-order valence-electron chi connectivity index (χ3n) is 4.97. The van der Waals surface area contributed by atoms with Crippen LogP contribution in [0.15, 0.2) is 36.7 Å². The normalized spacial score (nSPS) is 23.4. The van der Waals surface area contributed by atoms with E-state index >= 15 is 0 Å². The molecule has 1 aromatic carbocycles. The number of nitrogens with zero attached hydrogens (tertiary/aromatic N) is 4. The lowest BCUT2D eigenvalue weighted by molar-refractivity contribution is 0.0624. The molecule has 1 amide bonds. The number of likely N-dealkylation sites (tertiary alicyclic amines) is 1. The fraction of sp³-hybridized carbons (Fsp3) is 0.444. The molecule has 2 aromatic rings. The van der Waals surface area contributed by atoms with E-state index in [9.17, 15) is 4.79 Å². The van der Waals surface area contributed by atoms with Gasteiger partial charge in [-0.3, -0.25) is 4.90 Å². The highest BCUT2D eigenvalue weighted by Crippen LogP contribution is 2.32. The van der Waals surface area contributed by atoms with Crippen LogP contribution in [-0.2, 0) is 11.3 Å². The van der Waals surface area contributed by atoms with Crippen molar-refractivity contribution in [2.45, 2.75) is 18.6 Å². The Labute approximate surface area is 146 Å². The van der Waals surface area contributed by atoms with Gasteiger partial charge < -0.3 is 18.9 Å². The molecular formula is C18H22N4O3. The van der Waals surface area contributed by atoms with Crippen LogP contribution in [0.3, 0.4) is 0 Å². The molecule has 0 bridgehead atoms. The van der Waals surface area contributed by atoms with Gasteiger partial charge in [-0.1, -0.05) is 0 Å². The van der Waals surface area contributed by atoms with Gasteiger partial charge in [-0.25, -0.2) is 9.78 Å². The molecule has 1 unspecified atom stereocenters. The van der Waals surface area contributed by atoms with Gasteiger partial charge in [-0.2, -0.15) is 0 Å². The molecule has 2 saturated heterocycles. The number of ether oxygens (including phenoxy) is 2. The highest BCUT2D eigenvalue weighted by Gasteiger charge is 2.48. The van der Waals surface area contributed by atoms with Crippen LogP contribution >= 0.6 is 0 Å². The molecule has 1 aromatic heterocycles. The summed E-state index contributed by atoms with van der Waals surface area (Å²) in [6, 6.07) is 7.92. The number of imidazole rings is 1. The third-order valence-corrected chi connectivity index (χ3v) is 4.97. The van der Waals surface area contributed by atoms with Crippen LogP contribution in [0.25, 0.3) is 5.69 Å². The second-order valence-electron chi connectivity index (χ2n) is 6.78. The van der Waals surface area contributed by atoms with Crippen molar-refractivity contribution >= 4 is 6.09 Å². The monoisotopic (exact) mass is 342 g/mol. The smallest absolute Gasteiger partial charge is 0.410 e. The average Bonchev–Trinajstić information content (AvgIpc) is 3.29. The average molecular weight is 342 g/mol. The molecule has 4 rings (SSSR count). The fourth-order valence-corrected chi connectivity index (χ4v) is 3.70. The minimum absolute atomic E-state index is 0.221. The molecule has 0 radical (unpaired) electrons. The number of benzene rings is 1. The molecule has 0 N–H and O–H groups in total. The summed E-state index contributed by atoms with van der Waals surface area (Å²) in [4.78, 5) is 20.2. The van der Waals surface area contributed by atoms with Crippen LogP contribution in [0.5, 0.6) is 5.75 Å². The number of aromatic nitrogens is 2. The number of hydrogen-bond donors (Lipinski definition) is 0. The molecule has 3 heterocycles. The summed E-state index contributed by atoms with van der Waals surface area (Å²) in [6.45, 7) is 3.03. The fourth-order valence-electron chi connectivity index (χ4n) is 3.70. The number of hydrogen-bond acceptors (Lipinski definition) is 5. The second kappa shape index (κ2) is 6.07. The van der Waals surface area contributed by atoms with Gasteiger partial charge in [0, 0.05) is 44.6 Å². The van der Waals surface area contributed by atoms with E-state index in [1.165, 1.54) is 0 Å². The summed E-state index contributed by atoms with van der Waals surface area (Å²) in [6.07, 6.45) is 4.43. The van der Waals surface area contributed by atoms with E-state index in [1.807, 2.05) is 36.7 Å². The number of methoxy groups -OCH3 is 1. The molecule has 2 aliphatic rings. The maximum Gasteiger partial charge on any atom is 0.410 e. The van der Waals surface area contributed by atoms with E-state index in [0.29, 0.717) is 6.54 Å². The van der Waals surface area contributed by atoms with Crippen molar-refractivity contribution < 1.29 is 14.3 Å². The lowest BCUT2D eigenvalue weighted by Crippen LogP contribution is -2.37. The first-order chi connectivity index (χ1) is 12.1. The van der Waals surface area contributed by atoms with Gasteiger partial charge in [-0.05, 0) is 24.3 Å². The second-order valence-corrected chi connectivity index (χ2v) is 6.78. The predicted octanol–water partition coefficient (Wildman–Crippen LogP) is 1.91. The Morgan fingerprint density at radius 2 is 2.08 bits per heavy atom. The number of carbonyl (C=O) groups excluding carboxylic acids is 1. The maximum absolute atomic E-state index is 11.7. The van der Waals surface area contributed by atoms with E-state index in [2.05, 4.69) is 14.5 Å². The topological polar surface area (TPSA) is 59.8 Å². The summed E-state index contributed by atoms with van der Waals surface area (Å²) >= 11 is 0. The molecule has 0 aliphatic carbocycles. The summed E-state index contributed by atoms with van der Waals surface area (Å²) < 4.78 is 12.9. The van der Waals surface area contributed by atoms with E-state index in [0.717, 1.165) is 43.3 Å². The zero-order valence-corrected chi connectivity index (χ0v) is 14.5. The van der Waals surface area contributed by atoms with Crippen molar-refractivity contribution in [3.63, 3.8) is 0 Å². The first-order valence-corrected chi connectivity index (χ1v) is 8.42. The lowest BCUT2D eigenvalue weighted by atomic mass is 10.0. The molecule has 1 atom stereocenters. The van der Waals surface area contributed by atoms with E-state index in [4.69, 9.17) is 9.47 Å². The van der Waals surface area contributed by atoms with Crippen molar-refractivity contribution in [1.82, 2.24) is 19.4 Å². The Morgan fingerprint density at radius 3 is 2.76 bits per heavy atom. The largest absolute Gasteiger partial charge is 0.497 e. The molecule has 1 spiro atoms. The maximum atomic E-state index is 11.7. The van der Waals surface area contributed by atoms with Gasteiger partial charge in [0.1, 0.15) is 17.2 Å². The van der Waals surface area contributed by atoms with Crippen LogP contribution in [-0.4, -0.2) is 64.8 Å². The first kappa shape index (κ1) is 16.0. The summed E-state index contributed by atoms with van der Waals surface area (Å²) in [7, 11) is 3.45. The Morgan fingerprint density at radius 1 is 1.28 bits per heavy atom. The van der Waals surface area contributed by atoms with Gasteiger partial charge in [0.25, 0.3) is 0 Å². The number of rotatable bonds is 4. The highest BCUT2D eigenvalue weighted by molar-refractivity contribution is 5.70. The molecule has 7 heteroatoms. The van der Waals surface area contributed by atoms with E-state index < -0.39 is 0 Å². The Hall–Kier alpha value is -2.54. The molecular weight excluding hydrogens is 320 g/mol. The standard InChI is InChI=1S/C18H22N4O3/c1-20-12-18(25-17(20)23)7-9-21(13-18)11-16-19-8-10-22(16)14-3-5-15(24-2)6-4-14/h3-6,8,10H,7,9,11-13H2,1-2H3. The number of carbonyl (C=O) groups is 1. The number of likely N-dealkylation sites (N-methyl/N-ethyl adjacent to an activating group) is 1. The number of amides is 1. The van der Waals surface area contributed by atoms with Gasteiger partial charge in [-0.15, -0.1) is 0 Å². The van der Waals surface area contributed by atoms with Gasteiger partial charge in [0.15, 0.2) is 0 Å². The Balaban J connectivity index is 1.48. The van der Waals surface area contributed by atoms with Crippen molar-refractivity contribution in [1.29, 1.82) is 0 Å². The minimum Gasteiger partial charge on any atom is -0.497 e. The van der Waals surface area contributed by atoms with Crippen LogP contribution in [0, 0.1) is 0 Å². The van der Waals surface area contributed by atoms with Crippen LogP contribution < -0.4 is 4.74 Å². The molecule has 7 nitrogen and oxygen atoms in total. The van der Waals surface area contributed by atoms with Crippen molar-refractivity contribution in [3.8, 4) is 11.4 Å². The van der Waals surface area contributed by atoms with E-state index in [-0.39, 0.29) is 11.7 Å². The summed E-state index contributed by atoms with van der Waals surface area (Å²) in [5.74, 6) is 1.80. The summed E-state index contributed by atoms with van der Waals surface area (Å²) in [5, 5.41) is 0. The molecule has 2 fully saturated rings. The zero-order valence-electron chi connectivity index (χ0n) is 14.5. The van der Waals surface area contributed by atoms with E-state index in [1.54, 1.807) is 19.1 Å². The van der Waals surface area contributed by atoms with Crippen molar-refractivity contribution in [2.24, 2.45) is 0 Å². The Bertz CT molecular complexity index is 773. The molecule has 2 aliphatic heterocycles. The van der Waals surface area contributed by atoms with Crippen LogP contribution in [0.2, 0.25) is 0 Å². The van der Waals surface area contributed by atoms with Crippen molar-refractivity contribution in [3.05, 3.63) is 42.5 Å². The van der Waals surface area contributed by atoms with Crippen molar-refractivity contribution in [2.75, 3.05) is 33.8 Å². The van der Waals surface area contributed by atoms with Gasteiger partial charge >= 0.3 is 6.09 Å². The van der Waals surface area contributed by atoms with Crippen LogP contribution in [0.4, 0.5) is 4.79 Å². The predicted molar refractivity (Wildman–Crippen MR) is 91.9 cm³/mol. The molecule has 0 saturated carbocycles. The molecule has 25 heavy (non-hydrogen) atoms. The lowest BCUT2D eigenvalue weighted by Gasteiger charge is -2.21. The third kappa shape index (κ3) is 2.95. The molecule has 132 valence electrons. The van der Waals surface area contributed by atoms with Gasteiger partial charge in [0.2, 0.25) is 0 Å². The first-order valence-electron chi connectivity index (χ1n) is 8.42. The van der Waals surface area contributed by atoms with Crippen LogP contribution in [0.1, 0.15) is 12.2 Å². The SMILES string of the molecule is COc1ccc(-n2ccnc2CN2CCC3(C2)CN(C)C(=O)O3)cc1. The summed E-state index contributed by atoms with van der Waals surface area (Å²) in [5.41, 5.74) is 0.692. The minimum atomic E-state index is -0.358. The Kier molecular flexibility index (Phi) is 3.88. The quantitative estimate of drug-likeness (QED) is 0.849. The zero-order chi connectivity index (χ0) is 17.4. The highest BCUT2D eigenvalue weighted by atomic mass is 16.6. The van der Waals surface area contributed by atoms with Gasteiger partial charge in [0.05, 0.1) is 20.2 Å².